The first-order chi connectivity index (χ1) is 15.7. The molecule has 33 heavy (non-hydrogen) atoms. The van der Waals surface area contributed by atoms with E-state index in [1.807, 2.05) is 0 Å². The molecule has 4 aromatic rings. The van der Waals surface area contributed by atoms with Gasteiger partial charge in [-0.1, -0.05) is 47.5 Å². The van der Waals surface area contributed by atoms with Gasteiger partial charge in [-0.25, -0.2) is 13.2 Å². The molecule has 0 saturated heterocycles. The summed E-state index contributed by atoms with van der Waals surface area (Å²) in [7, 11) is -2.60. The molecule has 3 aromatic carbocycles. The Morgan fingerprint density at radius 2 is 1.76 bits per heavy atom. The minimum absolute atomic E-state index is 0.0267. The SMILES string of the molecule is COCCOC(=O)c1c(C)oc2c1cc(NS(=O)(=O)c1cc(Cl)ccc1Cl)c1ccccc12. The molecule has 0 aliphatic rings. The topological polar surface area (TPSA) is 94.8 Å². The van der Waals surface area contributed by atoms with Crippen molar-refractivity contribution in [3.63, 3.8) is 0 Å². The number of ether oxygens (including phenoxy) is 2. The summed E-state index contributed by atoms with van der Waals surface area (Å²) in [5.74, 6) is -0.235. The number of carbonyl (C=O) groups excluding carboxylic acids is 1. The highest BCUT2D eigenvalue weighted by atomic mass is 35.5. The Balaban J connectivity index is 1.88. The van der Waals surface area contributed by atoms with E-state index < -0.39 is 16.0 Å². The average molecular weight is 508 g/mol. The van der Waals surface area contributed by atoms with Gasteiger partial charge in [-0.2, -0.15) is 0 Å². The molecule has 172 valence electrons. The van der Waals surface area contributed by atoms with E-state index in [0.29, 0.717) is 27.5 Å². The normalized spacial score (nSPS) is 11.8. The molecule has 0 atom stereocenters. The van der Waals surface area contributed by atoms with Gasteiger partial charge in [-0.15, -0.1) is 0 Å². The zero-order chi connectivity index (χ0) is 23.8. The van der Waals surface area contributed by atoms with Crippen LogP contribution in [0.3, 0.4) is 0 Å². The molecule has 0 radical (unpaired) electrons. The number of carbonyl (C=O) groups is 1. The van der Waals surface area contributed by atoms with Crippen LogP contribution in [0.1, 0.15) is 16.1 Å². The fraction of sp³-hybridized carbons (Fsp3) is 0.174. The summed E-state index contributed by atoms with van der Waals surface area (Å²) in [6.45, 7) is 1.97. The van der Waals surface area contributed by atoms with Crippen LogP contribution in [-0.4, -0.2) is 34.7 Å². The summed E-state index contributed by atoms with van der Waals surface area (Å²) in [5.41, 5.74) is 0.916. The largest absolute Gasteiger partial charge is 0.460 e. The van der Waals surface area contributed by atoms with Gasteiger partial charge >= 0.3 is 5.97 Å². The molecule has 1 heterocycles. The molecule has 0 aliphatic heterocycles. The second-order valence-electron chi connectivity index (χ2n) is 7.19. The average Bonchev–Trinajstić information content (AvgIpc) is 3.11. The number of hydrogen-bond acceptors (Lipinski definition) is 6. The lowest BCUT2D eigenvalue weighted by Gasteiger charge is -2.13. The van der Waals surface area contributed by atoms with Gasteiger partial charge in [0.15, 0.2) is 0 Å². The summed E-state index contributed by atoms with van der Waals surface area (Å²) >= 11 is 12.1. The number of methoxy groups -OCH3 is 1. The molecule has 0 saturated carbocycles. The third-order valence-electron chi connectivity index (χ3n) is 5.02. The molecular weight excluding hydrogens is 489 g/mol. The van der Waals surface area contributed by atoms with E-state index in [-0.39, 0.29) is 39.4 Å². The first kappa shape index (κ1) is 23.4. The second kappa shape index (κ2) is 9.23. The number of furan rings is 1. The van der Waals surface area contributed by atoms with E-state index in [1.165, 1.54) is 25.3 Å². The van der Waals surface area contributed by atoms with Gasteiger partial charge in [0.05, 0.1) is 17.3 Å². The molecule has 0 fully saturated rings. The van der Waals surface area contributed by atoms with Crippen molar-refractivity contribution < 1.29 is 27.1 Å². The maximum atomic E-state index is 13.2. The predicted molar refractivity (Wildman–Crippen MR) is 128 cm³/mol. The number of anilines is 1. The van der Waals surface area contributed by atoms with Gasteiger partial charge in [-0.3, -0.25) is 4.72 Å². The third kappa shape index (κ3) is 4.52. The smallest absolute Gasteiger partial charge is 0.342 e. The van der Waals surface area contributed by atoms with Crippen LogP contribution in [0.2, 0.25) is 10.0 Å². The lowest BCUT2D eigenvalue weighted by Crippen LogP contribution is -2.14. The fourth-order valence-corrected chi connectivity index (χ4v) is 5.38. The molecule has 10 heteroatoms. The Kier molecular flexibility index (Phi) is 6.54. The van der Waals surface area contributed by atoms with Crippen LogP contribution in [0.4, 0.5) is 5.69 Å². The van der Waals surface area contributed by atoms with Gasteiger partial charge in [-0.05, 0) is 31.2 Å². The summed E-state index contributed by atoms with van der Waals surface area (Å²) < 4.78 is 45.0. The van der Waals surface area contributed by atoms with E-state index in [9.17, 15) is 13.2 Å². The molecule has 0 amide bonds. The van der Waals surface area contributed by atoms with E-state index in [1.54, 1.807) is 37.3 Å². The number of aryl methyl sites for hydroxylation is 1. The lowest BCUT2D eigenvalue weighted by atomic mass is 10.0. The zero-order valence-corrected chi connectivity index (χ0v) is 20.0. The molecule has 0 unspecified atom stereocenters. The number of hydrogen-bond donors (Lipinski definition) is 1. The van der Waals surface area contributed by atoms with Crippen LogP contribution in [0.25, 0.3) is 21.7 Å². The third-order valence-corrected chi connectivity index (χ3v) is 7.11. The Morgan fingerprint density at radius 1 is 1.03 bits per heavy atom. The minimum atomic E-state index is -4.10. The van der Waals surface area contributed by atoms with Gasteiger partial charge in [0, 0.05) is 28.3 Å². The standard InChI is InChI=1S/C23H19Cl2NO6S/c1-13-21(23(27)31-10-9-30-2)17-12-19(15-5-3-4-6-16(15)22(17)32-13)26-33(28,29)20-11-14(24)7-8-18(20)25/h3-8,11-12,26H,9-10H2,1-2H3. The molecule has 0 spiro atoms. The molecule has 7 nitrogen and oxygen atoms in total. The van der Waals surface area contributed by atoms with Gasteiger partial charge in [0.25, 0.3) is 10.0 Å². The number of esters is 1. The Bertz CT molecular complexity index is 1480. The van der Waals surface area contributed by atoms with Crippen LogP contribution in [-0.2, 0) is 19.5 Å². The van der Waals surface area contributed by atoms with Crippen molar-refractivity contribution in [2.45, 2.75) is 11.8 Å². The maximum absolute atomic E-state index is 13.2. The number of rotatable bonds is 7. The summed E-state index contributed by atoms with van der Waals surface area (Å²) in [5, 5.41) is 1.89. The molecule has 4 rings (SSSR count). The van der Waals surface area contributed by atoms with E-state index >= 15 is 0 Å². The maximum Gasteiger partial charge on any atom is 0.342 e. The van der Waals surface area contributed by atoms with Gasteiger partial charge < -0.3 is 13.9 Å². The van der Waals surface area contributed by atoms with Crippen molar-refractivity contribution in [2.24, 2.45) is 0 Å². The lowest BCUT2D eigenvalue weighted by molar-refractivity contribution is 0.0388. The van der Waals surface area contributed by atoms with Crippen LogP contribution in [0.5, 0.6) is 0 Å². The summed E-state index contributed by atoms with van der Waals surface area (Å²) in [4.78, 5) is 12.6. The van der Waals surface area contributed by atoms with Crippen molar-refractivity contribution >= 4 is 66.6 Å². The highest BCUT2D eigenvalue weighted by molar-refractivity contribution is 7.92. The van der Waals surface area contributed by atoms with Gasteiger partial charge in [0.2, 0.25) is 0 Å². The molecule has 0 aliphatic carbocycles. The van der Waals surface area contributed by atoms with Crippen LogP contribution in [0, 0.1) is 6.92 Å². The number of fused-ring (bicyclic) bond motifs is 3. The van der Waals surface area contributed by atoms with Crippen molar-refractivity contribution in [3.8, 4) is 0 Å². The Morgan fingerprint density at radius 3 is 2.48 bits per heavy atom. The van der Waals surface area contributed by atoms with Crippen molar-refractivity contribution in [1.82, 2.24) is 0 Å². The molecule has 1 aromatic heterocycles. The zero-order valence-electron chi connectivity index (χ0n) is 17.6. The first-order valence-corrected chi connectivity index (χ1v) is 12.1. The Hall–Kier alpha value is -2.78. The number of halogens is 2. The van der Waals surface area contributed by atoms with E-state index in [2.05, 4.69) is 4.72 Å². The number of benzene rings is 3. The van der Waals surface area contributed by atoms with Crippen LogP contribution in [0.15, 0.2) is 57.8 Å². The predicted octanol–water partition coefficient (Wildman–Crippen LogP) is 5.81. The van der Waals surface area contributed by atoms with Crippen LogP contribution < -0.4 is 4.72 Å². The summed E-state index contributed by atoms with van der Waals surface area (Å²) in [6.07, 6.45) is 0. The molecular formula is C23H19Cl2NO6S. The van der Waals surface area contributed by atoms with Crippen LogP contribution >= 0.6 is 23.2 Å². The number of nitrogens with one attached hydrogen (secondary N) is 1. The van der Waals surface area contributed by atoms with Crippen molar-refractivity contribution in [2.75, 3.05) is 25.0 Å². The number of sulfonamides is 1. The first-order valence-electron chi connectivity index (χ1n) is 9.81. The highest BCUT2D eigenvalue weighted by Crippen LogP contribution is 2.38. The molecule has 1 N–H and O–H groups in total. The highest BCUT2D eigenvalue weighted by Gasteiger charge is 2.25. The molecule has 0 bridgehead atoms. The second-order valence-corrected chi connectivity index (χ2v) is 9.68. The quantitative estimate of drug-likeness (QED) is 0.250. The minimum Gasteiger partial charge on any atom is -0.460 e. The van der Waals surface area contributed by atoms with Crippen molar-refractivity contribution in [3.05, 3.63) is 69.9 Å². The van der Waals surface area contributed by atoms with E-state index in [4.69, 9.17) is 37.1 Å². The van der Waals surface area contributed by atoms with E-state index in [0.717, 1.165) is 0 Å². The summed E-state index contributed by atoms with van der Waals surface area (Å²) in [6, 6.07) is 12.8. The van der Waals surface area contributed by atoms with Crippen molar-refractivity contribution in [1.29, 1.82) is 0 Å². The Labute approximate surface area is 200 Å². The monoisotopic (exact) mass is 507 g/mol. The fourth-order valence-electron chi connectivity index (χ4n) is 3.55. The van der Waals surface area contributed by atoms with Gasteiger partial charge in [0.1, 0.15) is 28.4 Å².